The fraction of sp³-hybridized carbons (Fsp3) is 0.200. The van der Waals surface area contributed by atoms with Gasteiger partial charge in [0.2, 0.25) is 6.79 Å². The van der Waals surface area contributed by atoms with Crippen LogP contribution in [0, 0.1) is 0 Å². The number of hydrogen-bond donors (Lipinski definition) is 0. The van der Waals surface area contributed by atoms with Crippen LogP contribution < -0.4 is 9.47 Å². The van der Waals surface area contributed by atoms with Gasteiger partial charge >= 0.3 is 5.97 Å². The summed E-state index contributed by atoms with van der Waals surface area (Å²) < 4.78 is 17.3. The number of ketones is 1. The Morgan fingerprint density at radius 3 is 2.82 bits per heavy atom. The Morgan fingerprint density at radius 2 is 2.04 bits per heavy atom. The lowest BCUT2D eigenvalue weighted by molar-refractivity contribution is 0.0473. The van der Waals surface area contributed by atoms with Crippen molar-refractivity contribution in [2.45, 2.75) is 13.3 Å². The highest BCUT2D eigenvalue weighted by Gasteiger charge is 2.21. The van der Waals surface area contributed by atoms with E-state index in [1.807, 2.05) is 13.0 Å². The largest absolute Gasteiger partial charge is 0.454 e. The molecule has 8 heteroatoms. The normalized spacial score (nSPS) is 12.0. The van der Waals surface area contributed by atoms with Crippen molar-refractivity contribution in [2.75, 3.05) is 13.4 Å². The van der Waals surface area contributed by atoms with Crippen LogP contribution in [0.15, 0.2) is 48.8 Å². The highest BCUT2D eigenvalue weighted by atomic mass is 16.7. The Hall–Kier alpha value is -3.68. The topological polar surface area (TPSA) is 92.5 Å². The molecule has 1 aliphatic heterocycles. The van der Waals surface area contributed by atoms with Crippen LogP contribution >= 0.6 is 0 Å². The molecule has 0 atom stereocenters. The maximum absolute atomic E-state index is 12.5. The standard InChI is InChI=1S/C20H17N3O5/c1-2-15-14(10-22-23(15)19-5-3-4-8-21-19)20(25)26-11-16(24)13-6-7-17-18(9-13)28-12-27-17/h3-10H,2,11-12H2,1H3. The summed E-state index contributed by atoms with van der Waals surface area (Å²) in [5.74, 6) is 0.759. The fourth-order valence-electron chi connectivity index (χ4n) is 2.92. The third-order valence-corrected chi connectivity index (χ3v) is 4.32. The van der Waals surface area contributed by atoms with Gasteiger partial charge in [0.05, 0.1) is 11.9 Å². The van der Waals surface area contributed by atoms with Gasteiger partial charge in [0.1, 0.15) is 5.56 Å². The van der Waals surface area contributed by atoms with Crippen molar-refractivity contribution < 1.29 is 23.8 Å². The molecule has 0 amide bonds. The monoisotopic (exact) mass is 379 g/mol. The van der Waals surface area contributed by atoms with Crippen molar-refractivity contribution >= 4 is 11.8 Å². The maximum Gasteiger partial charge on any atom is 0.342 e. The summed E-state index contributed by atoms with van der Waals surface area (Å²) in [5, 5.41) is 4.24. The number of esters is 1. The molecule has 2 aromatic heterocycles. The van der Waals surface area contributed by atoms with Crippen molar-refractivity contribution in [3.05, 3.63) is 65.6 Å². The number of hydrogen-bond acceptors (Lipinski definition) is 7. The maximum atomic E-state index is 12.5. The molecule has 3 aromatic rings. The SMILES string of the molecule is CCc1c(C(=O)OCC(=O)c2ccc3c(c2)OCO3)cnn1-c1ccccn1. The Labute approximate surface area is 160 Å². The molecule has 0 spiro atoms. The summed E-state index contributed by atoms with van der Waals surface area (Å²) in [6.45, 7) is 1.66. The average molecular weight is 379 g/mol. The van der Waals surface area contributed by atoms with Crippen LogP contribution in [-0.2, 0) is 11.2 Å². The fourth-order valence-corrected chi connectivity index (χ4v) is 2.92. The third kappa shape index (κ3) is 3.32. The molecule has 0 bridgehead atoms. The third-order valence-electron chi connectivity index (χ3n) is 4.32. The average Bonchev–Trinajstić information content (AvgIpc) is 3.38. The van der Waals surface area contributed by atoms with Crippen molar-refractivity contribution in [3.8, 4) is 17.3 Å². The number of carbonyl (C=O) groups excluding carboxylic acids is 2. The highest BCUT2D eigenvalue weighted by molar-refractivity contribution is 6.00. The molecule has 1 aromatic carbocycles. The molecule has 3 heterocycles. The number of carbonyl (C=O) groups is 2. The molecule has 0 fully saturated rings. The van der Waals surface area contributed by atoms with E-state index in [0.717, 1.165) is 0 Å². The second-order valence-electron chi connectivity index (χ2n) is 6.03. The van der Waals surface area contributed by atoms with E-state index in [4.69, 9.17) is 14.2 Å². The van der Waals surface area contributed by atoms with Gasteiger partial charge in [0, 0.05) is 11.8 Å². The first kappa shape index (κ1) is 17.7. The molecule has 8 nitrogen and oxygen atoms in total. The zero-order valence-electron chi connectivity index (χ0n) is 15.1. The van der Waals surface area contributed by atoms with Gasteiger partial charge in [0.25, 0.3) is 0 Å². The summed E-state index contributed by atoms with van der Waals surface area (Å²) in [6, 6.07) is 10.3. The second kappa shape index (κ2) is 7.51. The van der Waals surface area contributed by atoms with Gasteiger partial charge in [-0.3, -0.25) is 4.79 Å². The first-order chi connectivity index (χ1) is 13.7. The quantitative estimate of drug-likeness (QED) is 0.480. The van der Waals surface area contributed by atoms with Crippen molar-refractivity contribution in [2.24, 2.45) is 0 Å². The van der Waals surface area contributed by atoms with Crippen LogP contribution in [0.2, 0.25) is 0 Å². The number of pyridine rings is 1. The van der Waals surface area contributed by atoms with Gasteiger partial charge in [-0.05, 0) is 36.8 Å². The zero-order valence-corrected chi connectivity index (χ0v) is 15.1. The smallest absolute Gasteiger partial charge is 0.342 e. The second-order valence-corrected chi connectivity index (χ2v) is 6.03. The first-order valence-electron chi connectivity index (χ1n) is 8.75. The first-order valence-corrected chi connectivity index (χ1v) is 8.75. The molecule has 0 saturated heterocycles. The summed E-state index contributed by atoms with van der Waals surface area (Å²) >= 11 is 0. The molecule has 142 valence electrons. The zero-order chi connectivity index (χ0) is 19.5. The Bertz CT molecular complexity index is 1030. The minimum atomic E-state index is -0.604. The van der Waals surface area contributed by atoms with Crippen molar-refractivity contribution in [1.29, 1.82) is 0 Å². The van der Waals surface area contributed by atoms with Gasteiger partial charge in [-0.2, -0.15) is 5.10 Å². The summed E-state index contributed by atoms with van der Waals surface area (Å²) in [7, 11) is 0. The van der Waals surface area contributed by atoms with E-state index in [-0.39, 0.29) is 19.2 Å². The predicted octanol–water partition coefficient (Wildman–Crippen LogP) is 2.60. The van der Waals surface area contributed by atoms with Crippen LogP contribution in [0.5, 0.6) is 11.5 Å². The van der Waals surface area contributed by atoms with E-state index in [1.165, 1.54) is 6.20 Å². The number of fused-ring (bicyclic) bond motifs is 1. The molecule has 0 radical (unpaired) electrons. The van der Waals surface area contributed by atoms with Crippen molar-refractivity contribution in [3.63, 3.8) is 0 Å². The van der Waals surface area contributed by atoms with Crippen LogP contribution in [-0.4, -0.2) is 39.9 Å². The minimum Gasteiger partial charge on any atom is -0.454 e. The summed E-state index contributed by atoms with van der Waals surface area (Å²) in [6.07, 6.45) is 3.64. The molecular formula is C20H17N3O5. The molecule has 0 saturated carbocycles. The molecule has 4 rings (SSSR count). The number of rotatable bonds is 6. The molecule has 0 aliphatic carbocycles. The number of benzene rings is 1. The summed E-state index contributed by atoms with van der Waals surface area (Å²) in [5.41, 5.74) is 1.36. The van der Waals surface area contributed by atoms with E-state index in [1.54, 1.807) is 41.2 Å². The van der Waals surface area contributed by atoms with Crippen LogP contribution in [0.1, 0.15) is 33.3 Å². The van der Waals surface area contributed by atoms with E-state index < -0.39 is 5.97 Å². The Kier molecular flexibility index (Phi) is 4.76. The van der Waals surface area contributed by atoms with Crippen LogP contribution in [0.4, 0.5) is 0 Å². The Balaban J connectivity index is 1.47. The molecule has 0 unspecified atom stereocenters. The number of nitrogens with zero attached hydrogens (tertiary/aromatic N) is 3. The van der Waals surface area contributed by atoms with E-state index in [0.29, 0.717) is 40.6 Å². The Morgan fingerprint density at radius 1 is 1.18 bits per heavy atom. The lowest BCUT2D eigenvalue weighted by Crippen LogP contribution is -2.15. The van der Waals surface area contributed by atoms with E-state index in [2.05, 4.69) is 10.1 Å². The minimum absolute atomic E-state index is 0.127. The molecular weight excluding hydrogens is 362 g/mol. The van der Waals surface area contributed by atoms with Gasteiger partial charge in [-0.15, -0.1) is 0 Å². The lowest BCUT2D eigenvalue weighted by atomic mass is 10.1. The van der Waals surface area contributed by atoms with Crippen molar-refractivity contribution in [1.82, 2.24) is 14.8 Å². The van der Waals surface area contributed by atoms with Crippen LogP contribution in [0.3, 0.4) is 0 Å². The van der Waals surface area contributed by atoms with Gasteiger partial charge in [-0.25, -0.2) is 14.5 Å². The summed E-state index contributed by atoms with van der Waals surface area (Å²) in [4.78, 5) is 29.1. The van der Waals surface area contributed by atoms with Gasteiger partial charge < -0.3 is 14.2 Å². The van der Waals surface area contributed by atoms with E-state index in [9.17, 15) is 9.59 Å². The number of Topliss-reactive ketones (excluding diaryl/α,β-unsaturated/α-hetero) is 1. The molecule has 28 heavy (non-hydrogen) atoms. The van der Waals surface area contributed by atoms with Crippen LogP contribution in [0.25, 0.3) is 5.82 Å². The van der Waals surface area contributed by atoms with E-state index >= 15 is 0 Å². The predicted molar refractivity (Wildman–Crippen MR) is 97.9 cm³/mol. The molecule has 0 N–H and O–H groups in total. The highest BCUT2D eigenvalue weighted by Crippen LogP contribution is 2.32. The number of aromatic nitrogens is 3. The van der Waals surface area contributed by atoms with Gasteiger partial charge in [-0.1, -0.05) is 13.0 Å². The molecule has 1 aliphatic rings. The van der Waals surface area contributed by atoms with Gasteiger partial charge in [0.15, 0.2) is 29.7 Å². The lowest BCUT2D eigenvalue weighted by Gasteiger charge is -2.07. The number of ether oxygens (including phenoxy) is 3.